The summed E-state index contributed by atoms with van der Waals surface area (Å²) in [6.45, 7) is 1.30. The van der Waals surface area contributed by atoms with Gasteiger partial charge in [0.1, 0.15) is 0 Å². The van der Waals surface area contributed by atoms with Crippen LogP contribution >= 0.6 is 11.3 Å². The Kier molecular flexibility index (Phi) is 3.66. The number of thiazole rings is 1. The minimum atomic E-state index is -0.0678. The van der Waals surface area contributed by atoms with Gasteiger partial charge in [0.25, 0.3) is 0 Å². The van der Waals surface area contributed by atoms with Crippen LogP contribution in [0.15, 0.2) is 24.3 Å². The van der Waals surface area contributed by atoms with E-state index >= 15 is 0 Å². The Labute approximate surface area is 120 Å². The zero-order valence-electron chi connectivity index (χ0n) is 10.9. The molecule has 0 atom stereocenters. The number of anilines is 2. The first-order valence-corrected chi connectivity index (χ1v) is 7.23. The fourth-order valence-electron chi connectivity index (χ4n) is 2.06. The molecule has 1 aromatic carbocycles. The number of ether oxygens (including phenoxy) is 1. The van der Waals surface area contributed by atoms with Crippen molar-refractivity contribution in [1.82, 2.24) is 4.98 Å². The van der Waals surface area contributed by atoms with Gasteiger partial charge in [0.15, 0.2) is 5.13 Å². The zero-order chi connectivity index (χ0) is 13.9. The number of carbonyl (C=O) groups excluding carboxylic acids is 1. The maximum atomic E-state index is 12.0. The molecule has 0 unspecified atom stereocenters. The Balaban J connectivity index is 1.63. The molecule has 20 heavy (non-hydrogen) atoms. The lowest BCUT2D eigenvalue weighted by atomic mass is 10.1. The number of nitrogens with zero attached hydrogens (tertiary/aromatic N) is 1. The average Bonchev–Trinajstić information content (AvgIpc) is 2.83. The summed E-state index contributed by atoms with van der Waals surface area (Å²) in [5.74, 6) is -0.0678. The molecule has 3 N–H and O–H groups in total. The second-order valence-corrected chi connectivity index (χ2v) is 5.74. The van der Waals surface area contributed by atoms with Gasteiger partial charge in [-0.1, -0.05) is 23.5 Å². The molecule has 1 amide bonds. The highest BCUT2D eigenvalue weighted by molar-refractivity contribution is 7.15. The SMILES string of the molecule is Nc1ccc(CC(=O)Nc2nc3c(s2)COCC3)cc1. The zero-order valence-corrected chi connectivity index (χ0v) is 11.7. The van der Waals surface area contributed by atoms with E-state index in [9.17, 15) is 4.79 Å². The van der Waals surface area contributed by atoms with Crippen molar-refractivity contribution in [2.24, 2.45) is 0 Å². The van der Waals surface area contributed by atoms with Crippen molar-refractivity contribution in [2.75, 3.05) is 17.7 Å². The van der Waals surface area contributed by atoms with E-state index in [4.69, 9.17) is 10.5 Å². The molecule has 6 heteroatoms. The Morgan fingerprint density at radius 3 is 2.95 bits per heavy atom. The number of aromatic nitrogens is 1. The van der Waals surface area contributed by atoms with Crippen LogP contribution in [0, 0.1) is 0 Å². The number of hydrogen-bond acceptors (Lipinski definition) is 5. The maximum Gasteiger partial charge on any atom is 0.230 e. The van der Waals surface area contributed by atoms with Gasteiger partial charge < -0.3 is 15.8 Å². The van der Waals surface area contributed by atoms with Crippen molar-refractivity contribution >= 4 is 28.1 Å². The van der Waals surface area contributed by atoms with Gasteiger partial charge in [0.05, 0.1) is 30.2 Å². The molecule has 5 nitrogen and oxygen atoms in total. The monoisotopic (exact) mass is 289 g/mol. The summed E-state index contributed by atoms with van der Waals surface area (Å²) in [6, 6.07) is 7.30. The lowest BCUT2D eigenvalue weighted by Crippen LogP contribution is -2.14. The lowest BCUT2D eigenvalue weighted by molar-refractivity contribution is -0.115. The molecule has 0 spiro atoms. The first-order chi connectivity index (χ1) is 9.70. The largest absolute Gasteiger partial charge is 0.399 e. The Morgan fingerprint density at radius 2 is 2.20 bits per heavy atom. The third-order valence-corrected chi connectivity index (χ3v) is 4.07. The highest BCUT2D eigenvalue weighted by atomic mass is 32.1. The predicted octanol–water partition coefficient (Wildman–Crippen LogP) is 1.98. The number of benzene rings is 1. The minimum Gasteiger partial charge on any atom is -0.399 e. The number of nitrogen functional groups attached to an aromatic ring is 1. The van der Waals surface area contributed by atoms with Crippen LogP contribution in [-0.2, 0) is 29.0 Å². The predicted molar refractivity (Wildman–Crippen MR) is 78.7 cm³/mol. The van der Waals surface area contributed by atoms with Crippen molar-refractivity contribution in [3.05, 3.63) is 40.4 Å². The van der Waals surface area contributed by atoms with Gasteiger partial charge >= 0.3 is 0 Å². The second kappa shape index (κ2) is 5.60. The molecule has 0 saturated carbocycles. The highest BCUT2D eigenvalue weighted by Gasteiger charge is 2.16. The second-order valence-electron chi connectivity index (χ2n) is 4.66. The van der Waals surface area contributed by atoms with Gasteiger partial charge in [-0.3, -0.25) is 4.79 Å². The first kappa shape index (κ1) is 13.1. The fraction of sp³-hybridized carbons (Fsp3) is 0.286. The molecule has 1 aliphatic heterocycles. The van der Waals surface area contributed by atoms with Crippen molar-refractivity contribution in [3.8, 4) is 0 Å². The highest BCUT2D eigenvalue weighted by Crippen LogP contribution is 2.27. The van der Waals surface area contributed by atoms with E-state index in [0.717, 1.165) is 22.6 Å². The fourth-order valence-corrected chi connectivity index (χ4v) is 3.02. The van der Waals surface area contributed by atoms with Crippen LogP contribution in [0.25, 0.3) is 0 Å². The summed E-state index contributed by atoms with van der Waals surface area (Å²) in [7, 11) is 0. The van der Waals surface area contributed by atoms with E-state index in [1.165, 1.54) is 11.3 Å². The van der Waals surface area contributed by atoms with Gasteiger partial charge in [-0.25, -0.2) is 4.98 Å². The van der Waals surface area contributed by atoms with E-state index in [2.05, 4.69) is 10.3 Å². The number of carbonyl (C=O) groups is 1. The standard InChI is InChI=1S/C14H15N3O2S/c15-10-3-1-9(2-4-10)7-13(18)17-14-16-11-5-6-19-8-12(11)20-14/h1-4H,5-8,15H2,(H,16,17,18). The maximum absolute atomic E-state index is 12.0. The summed E-state index contributed by atoms with van der Waals surface area (Å²) in [6.07, 6.45) is 1.14. The van der Waals surface area contributed by atoms with Crippen LogP contribution in [0.3, 0.4) is 0 Å². The van der Waals surface area contributed by atoms with Crippen molar-refractivity contribution in [2.45, 2.75) is 19.4 Å². The number of hydrogen-bond donors (Lipinski definition) is 2. The normalized spacial score (nSPS) is 13.8. The van der Waals surface area contributed by atoms with Gasteiger partial charge in [0.2, 0.25) is 5.91 Å². The van der Waals surface area contributed by atoms with Crippen LogP contribution in [0.4, 0.5) is 10.8 Å². The molecule has 1 aliphatic rings. The molecule has 0 radical (unpaired) electrons. The Hall–Kier alpha value is -1.92. The molecule has 2 heterocycles. The summed E-state index contributed by atoms with van der Waals surface area (Å²) in [5, 5.41) is 3.50. The molecule has 3 rings (SSSR count). The van der Waals surface area contributed by atoms with Gasteiger partial charge in [0, 0.05) is 12.1 Å². The number of rotatable bonds is 3. The van der Waals surface area contributed by atoms with Crippen molar-refractivity contribution < 1.29 is 9.53 Å². The number of nitrogens with two attached hydrogens (primary N) is 1. The van der Waals surface area contributed by atoms with Gasteiger partial charge in [-0.2, -0.15) is 0 Å². The van der Waals surface area contributed by atoms with E-state index in [-0.39, 0.29) is 5.91 Å². The average molecular weight is 289 g/mol. The molecular weight excluding hydrogens is 274 g/mol. The molecule has 104 valence electrons. The van der Waals surface area contributed by atoms with Crippen molar-refractivity contribution in [1.29, 1.82) is 0 Å². The van der Waals surface area contributed by atoms with E-state index in [1.54, 1.807) is 12.1 Å². The molecular formula is C14H15N3O2S. The van der Waals surface area contributed by atoms with E-state index in [1.807, 2.05) is 12.1 Å². The van der Waals surface area contributed by atoms with Crippen LogP contribution in [0.5, 0.6) is 0 Å². The molecule has 1 aromatic heterocycles. The van der Waals surface area contributed by atoms with Gasteiger partial charge in [-0.05, 0) is 17.7 Å². The quantitative estimate of drug-likeness (QED) is 0.847. The summed E-state index contributed by atoms with van der Waals surface area (Å²) < 4.78 is 5.37. The summed E-state index contributed by atoms with van der Waals surface area (Å²) >= 11 is 1.49. The van der Waals surface area contributed by atoms with E-state index < -0.39 is 0 Å². The Bertz CT molecular complexity index is 598. The molecule has 0 aliphatic carbocycles. The third-order valence-electron chi connectivity index (χ3n) is 3.09. The van der Waals surface area contributed by atoms with Crippen LogP contribution in [0.2, 0.25) is 0 Å². The summed E-state index contributed by atoms with van der Waals surface area (Å²) in [5.41, 5.74) is 8.29. The minimum absolute atomic E-state index is 0.0678. The number of fused-ring (bicyclic) bond motifs is 1. The van der Waals surface area contributed by atoms with Crippen molar-refractivity contribution in [3.63, 3.8) is 0 Å². The van der Waals surface area contributed by atoms with Gasteiger partial charge in [-0.15, -0.1) is 0 Å². The van der Waals surface area contributed by atoms with Crippen LogP contribution < -0.4 is 11.1 Å². The topological polar surface area (TPSA) is 77.2 Å². The molecule has 0 fully saturated rings. The van der Waals surface area contributed by atoms with Crippen LogP contribution in [0.1, 0.15) is 16.1 Å². The Morgan fingerprint density at radius 1 is 1.40 bits per heavy atom. The molecule has 0 bridgehead atoms. The smallest absolute Gasteiger partial charge is 0.230 e. The van der Waals surface area contributed by atoms with Crippen LogP contribution in [-0.4, -0.2) is 17.5 Å². The van der Waals surface area contributed by atoms with E-state index in [0.29, 0.717) is 30.5 Å². The number of nitrogens with one attached hydrogen (secondary N) is 1. The molecule has 0 saturated heterocycles. The lowest BCUT2D eigenvalue weighted by Gasteiger charge is -2.08. The molecule has 2 aromatic rings. The summed E-state index contributed by atoms with van der Waals surface area (Å²) in [4.78, 5) is 17.5. The number of amides is 1. The third kappa shape index (κ3) is 2.97. The first-order valence-electron chi connectivity index (χ1n) is 6.41.